The molecular formula is C13H12O2. The third kappa shape index (κ3) is 3.02. The van der Waals surface area contributed by atoms with E-state index < -0.39 is 0 Å². The van der Waals surface area contributed by atoms with Gasteiger partial charge in [-0.25, -0.2) is 0 Å². The molecule has 15 heavy (non-hydrogen) atoms. The molecule has 0 aliphatic heterocycles. The van der Waals surface area contributed by atoms with Gasteiger partial charge in [0.1, 0.15) is 11.5 Å². The SMILES string of the molecule is c1ccc(OCOc2ccccc2)cc1. The minimum atomic E-state index is 0.230. The van der Waals surface area contributed by atoms with Crippen LogP contribution in [-0.2, 0) is 0 Å². The van der Waals surface area contributed by atoms with Gasteiger partial charge in [0.2, 0.25) is 6.79 Å². The first kappa shape index (κ1) is 9.59. The Morgan fingerprint density at radius 3 is 1.40 bits per heavy atom. The maximum Gasteiger partial charge on any atom is 0.230 e. The van der Waals surface area contributed by atoms with Crippen molar-refractivity contribution >= 4 is 0 Å². The van der Waals surface area contributed by atoms with E-state index in [2.05, 4.69) is 0 Å². The lowest BCUT2D eigenvalue weighted by molar-refractivity contribution is 0.120. The Morgan fingerprint density at radius 1 is 0.600 bits per heavy atom. The second kappa shape index (κ2) is 5.05. The second-order valence-corrected chi connectivity index (χ2v) is 3.03. The lowest BCUT2D eigenvalue weighted by atomic mass is 10.3. The topological polar surface area (TPSA) is 18.5 Å². The van der Waals surface area contributed by atoms with E-state index in [0.717, 1.165) is 11.5 Å². The summed E-state index contributed by atoms with van der Waals surface area (Å²) in [7, 11) is 0. The largest absolute Gasteiger partial charge is 0.458 e. The molecule has 0 saturated carbocycles. The van der Waals surface area contributed by atoms with Gasteiger partial charge in [0.15, 0.2) is 0 Å². The van der Waals surface area contributed by atoms with Crippen LogP contribution in [0.5, 0.6) is 11.5 Å². The number of hydrogen-bond acceptors (Lipinski definition) is 2. The van der Waals surface area contributed by atoms with Crippen molar-refractivity contribution in [2.75, 3.05) is 6.79 Å². The van der Waals surface area contributed by atoms with Gasteiger partial charge in [-0.1, -0.05) is 36.4 Å². The summed E-state index contributed by atoms with van der Waals surface area (Å²) < 4.78 is 10.8. The highest BCUT2D eigenvalue weighted by molar-refractivity contribution is 5.22. The molecule has 0 unspecified atom stereocenters. The van der Waals surface area contributed by atoms with E-state index in [4.69, 9.17) is 9.47 Å². The van der Waals surface area contributed by atoms with Gasteiger partial charge in [0.05, 0.1) is 0 Å². The van der Waals surface area contributed by atoms with Gasteiger partial charge in [-0.2, -0.15) is 0 Å². The van der Waals surface area contributed by atoms with E-state index in [0.29, 0.717) is 0 Å². The highest BCUT2D eigenvalue weighted by Crippen LogP contribution is 2.11. The Bertz CT molecular complexity index is 344. The van der Waals surface area contributed by atoms with Crippen molar-refractivity contribution in [3.05, 3.63) is 60.7 Å². The number of hydrogen-bond donors (Lipinski definition) is 0. The van der Waals surface area contributed by atoms with Crippen molar-refractivity contribution in [3.63, 3.8) is 0 Å². The fourth-order valence-electron chi connectivity index (χ4n) is 1.20. The Kier molecular flexibility index (Phi) is 3.23. The summed E-state index contributed by atoms with van der Waals surface area (Å²) in [6.07, 6.45) is 0. The van der Waals surface area contributed by atoms with E-state index in [1.54, 1.807) is 0 Å². The fraction of sp³-hybridized carbons (Fsp3) is 0.0769. The first-order valence-corrected chi connectivity index (χ1v) is 4.81. The predicted molar refractivity (Wildman–Crippen MR) is 59.0 cm³/mol. The molecule has 0 amide bonds. The zero-order valence-corrected chi connectivity index (χ0v) is 8.30. The Balaban J connectivity index is 1.81. The molecule has 0 atom stereocenters. The van der Waals surface area contributed by atoms with Crippen LogP contribution in [0.2, 0.25) is 0 Å². The second-order valence-electron chi connectivity index (χ2n) is 3.03. The van der Waals surface area contributed by atoms with Crippen LogP contribution in [-0.4, -0.2) is 6.79 Å². The Labute approximate surface area is 89.1 Å². The van der Waals surface area contributed by atoms with Gasteiger partial charge in [0, 0.05) is 0 Å². The lowest BCUT2D eigenvalue weighted by Gasteiger charge is -2.07. The third-order valence-corrected chi connectivity index (χ3v) is 1.94. The van der Waals surface area contributed by atoms with Crippen LogP contribution in [0.1, 0.15) is 0 Å². The average Bonchev–Trinajstić information content (AvgIpc) is 2.32. The van der Waals surface area contributed by atoms with Crippen molar-refractivity contribution in [1.29, 1.82) is 0 Å². The number of rotatable bonds is 4. The van der Waals surface area contributed by atoms with E-state index >= 15 is 0 Å². The molecule has 76 valence electrons. The number of benzene rings is 2. The highest BCUT2D eigenvalue weighted by atomic mass is 16.7. The van der Waals surface area contributed by atoms with Gasteiger partial charge < -0.3 is 9.47 Å². The van der Waals surface area contributed by atoms with Crippen LogP contribution in [0.4, 0.5) is 0 Å². The minimum Gasteiger partial charge on any atom is -0.458 e. The standard InChI is InChI=1S/C13H12O2/c1-3-7-12(8-4-1)14-11-15-13-9-5-2-6-10-13/h1-10H,11H2. The summed E-state index contributed by atoms with van der Waals surface area (Å²) in [5.74, 6) is 1.63. The molecule has 0 saturated heterocycles. The van der Waals surface area contributed by atoms with Gasteiger partial charge in [-0.3, -0.25) is 0 Å². The first-order chi connectivity index (χ1) is 7.45. The fourth-order valence-corrected chi connectivity index (χ4v) is 1.20. The molecular weight excluding hydrogens is 188 g/mol. The molecule has 2 aromatic carbocycles. The Hall–Kier alpha value is -1.96. The third-order valence-electron chi connectivity index (χ3n) is 1.94. The van der Waals surface area contributed by atoms with Crippen LogP contribution >= 0.6 is 0 Å². The lowest BCUT2D eigenvalue weighted by Crippen LogP contribution is -2.05. The van der Waals surface area contributed by atoms with Crippen molar-refractivity contribution in [2.24, 2.45) is 0 Å². The summed E-state index contributed by atoms with van der Waals surface area (Å²) in [6.45, 7) is 0.230. The smallest absolute Gasteiger partial charge is 0.230 e. The van der Waals surface area contributed by atoms with E-state index in [-0.39, 0.29) is 6.79 Å². The van der Waals surface area contributed by atoms with Gasteiger partial charge in [-0.15, -0.1) is 0 Å². The van der Waals surface area contributed by atoms with E-state index in [9.17, 15) is 0 Å². The van der Waals surface area contributed by atoms with Crippen LogP contribution in [0.3, 0.4) is 0 Å². The molecule has 2 heteroatoms. The molecule has 0 bridgehead atoms. The van der Waals surface area contributed by atoms with Crippen molar-refractivity contribution in [2.45, 2.75) is 0 Å². The molecule has 2 rings (SSSR count). The van der Waals surface area contributed by atoms with Crippen molar-refractivity contribution in [1.82, 2.24) is 0 Å². The zero-order valence-electron chi connectivity index (χ0n) is 8.30. The summed E-state index contributed by atoms with van der Waals surface area (Å²) >= 11 is 0. The van der Waals surface area contributed by atoms with Gasteiger partial charge >= 0.3 is 0 Å². The maximum absolute atomic E-state index is 5.39. The molecule has 0 aliphatic rings. The van der Waals surface area contributed by atoms with E-state index in [1.807, 2.05) is 60.7 Å². The van der Waals surface area contributed by atoms with Crippen molar-refractivity contribution in [3.8, 4) is 11.5 Å². The molecule has 2 nitrogen and oxygen atoms in total. The van der Waals surface area contributed by atoms with Crippen LogP contribution < -0.4 is 9.47 Å². The molecule has 0 aromatic heterocycles. The normalized spacial score (nSPS) is 9.60. The van der Waals surface area contributed by atoms with Gasteiger partial charge in [-0.05, 0) is 24.3 Å². The maximum atomic E-state index is 5.39. The molecule has 0 spiro atoms. The molecule has 2 aromatic rings. The summed E-state index contributed by atoms with van der Waals surface area (Å²) in [6, 6.07) is 19.2. The predicted octanol–water partition coefficient (Wildman–Crippen LogP) is 3.10. The molecule has 0 fully saturated rings. The van der Waals surface area contributed by atoms with Crippen molar-refractivity contribution < 1.29 is 9.47 Å². The number of ether oxygens (including phenoxy) is 2. The number of para-hydroxylation sites is 2. The first-order valence-electron chi connectivity index (χ1n) is 4.81. The molecule has 0 radical (unpaired) electrons. The van der Waals surface area contributed by atoms with Crippen LogP contribution in [0.15, 0.2) is 60.7 Å². The zero-order chi connectivity index (χ0) is 10.3. The van der Waals surface area contributed by atoms with Crippen LogP contribution in [0.25, 0.3) is 0 Å². The Morgan fingerprint density at radius 2 is 1.00 bits per heavy atom. The highest BCUT2D eigenvalue weighted by Gasteiger charge is 1.92. The summed E-state index contributed by atoms with van der Waals surface area (Å²) in [4.78, 5) is 0. The minimum absolute atomic E-state index is 0.230. The monoisotopic (exact) mass is 200 g/mol. The summed E-state index contributed by atoms with van der Waals surface area (Å²) in [5, 5.41) is 0. The molecule has 0 aliphatic carbocycles. The van der Waals surface area contributed by atoms with E-state index in [1.165, 1.54) is 0 Å². The summed E-state index contributed by atoms with van der Waals surface area (Å²) in [5.41, 5.74) is 0. The average molecular weight is 200 g/mol. The quantitative estimate of drug-likeness (QED) is 0.706. The van der Waals surface area contributed by atoms with Gasteiger partial charge in [0.25, 0.3) is 0 Å². The molecule has 0 N–H and O–H groups in total. The molecule has 0 heterocycles. The van der Waals surface area contributed by atoms with Crippen LogP contribution in [0, 0.1) is 0 Å².